The van der Waals surface area contributed by atoms with E-state index in [0.29, 0.717) is 0 Å². The van der Waals surface area contributed by atoms with Crippen molar-refractivity contribution in [2.75, 3.05) is 0 Å². The fourth-order valence-electron chi connectivity index (χ4n) is 3.24. The van der Waals surface area contributed by atoms with Gasteiger partial charge in [0.25, 0.3) is 0 Å². The Labute approximate surface area is 196 Å². The van der Waals surface area contributed by atoms with Crippen molar-refractivity contribution in [1.82, 2.24) is 5.32 Å². The molecule has 4 aromatic carbocycles. The number of nitrogens with one attached hydrogen (secondary N) is 1. The van der Waals surface area contributed by atoms with Crippen molar-refractivity contribution in [1.29, 1.82) is 5.26 Å². The molecule has 0 aliphatic carbocycles. The zero-order valence-electron chi connectivity index (χ0n) is 17.2. The zero-order chi connectivity index (χ0) is 22.2. The highest BCUT2D eigenvalue weighted by Gasteiger charge is 2.15. The standard InChI is InChI=1S/C27H20N2OS2/c28-19-25(29-26(30)18-21-12-9-11-20-10-7-8-17-24(20)21)27(31-22-13-3-1-4-14-22)32-23-15-5-2-6-16-23/h1-17H,18H2,(H,29,30). The minimum Gasteiger partial charge on any atom is -0.316 e. The molecule has 0 saturated heterocycles. The summed E-state index contributed by atoms with van der Waals surface area (Å²) in [6.07, 6.45) is 0.200. The van der Waals surface area contributed by atoms with Crippen LogP contribution in [0.5, 0.6) is 0 Å². The summed E-state index contributed by atoms with van der Waals surface area (Å²) in [5.74, 6) is -0.210. The van der Waals surface area contributed by atoms with Gasteiger partial charge in [-0.15, -0.1) is 0 Å². The smallest absolute Gasteiger partial charge is 0.229 e. The number of benzene rings is 4. The molecule has 5 heteroatoms. The maximum Gasteiger partial charge on any atom is 0.229 e. The summed E-state index contributed by atoms with van der Waals surface area (Å²) in [5.41, 5.74) is 1.20. The van der Waals surface area contributed by atoms with Crippen LogP contribution in [0.3, 0.4) is 0 Å². The number of carbonyl (C=O) groups excluding carboxylic acids is 1. The predicted octanol–water partition coefficient (Wildman–Crippen LogP) is 6.78. The molecule has 0 atom stereocenters. The van der Waals surface area contributed by atoms with Crippen molar-refractivity contribution in [3.05, 3.63) is 119 Å². The van der Waals surface area contributed by atoms with Crippen LogP contribution in [-0.4, -0.2) is 5.91 Å². The van der Waals surface area contributed by atoms with E-state index < -0.39 is 0 Å². The lowest BCUT2D eigenvalue weighted by Crippen LogP contribution is -2.24. The topological polar surface area (TPSA) is 52.9 Å². The van der Waals surface area contributed by atoms with E-state index in [0.717, 1.165) is 30.4 Å². The molecule has 0 saturated carbocycles. The Morgan fingerprint density at radius 2 is 1.31 bits per heavy atom. The van der Waals surface area contributed by atoms with Crippen molar-refractivity contribution in [3.8, 4) is 6.07 Å². The number of hydrogen-bond acceptors (Lipinski definition) is 4. The van der Waals surface area contributed by atoms with E-state index >= 15 is 0 Å². The number of rotatable bonds is 7. The molecule has 0 aliphatic rings. The SMILES string of the molecule is N#CC(NC(=O)Cc1cccc2ccccc12)=C(Sc1ccccc1)Sc1ccccc1. The Kier molecular flexibility index (Phi) is 7.29. The number of nitrogens with zero attached hydrogens (tertiary/aromatic N) is 1. The highest BCUT2D eigenvalue weighted by Crippen LogP contribution is 2.40. The molecular formula is C27H20N2OS2. The summed E-state index contributed by atoms with van der Waals surface area (Å²) in [6.45, 7) is 0. The number of allylic oxidation sites excluding steroid dienone is 1. The summed E-state index contributed by atoms with van der Waals surface area (Å²) < 4.78 is 0.733. The van der Waals surface area contributed by atoms with Gasteiger partial charge in [-0.05, 0) is 40.6 Å². The highest BCUT2D eigenvalue weighted by molar-refractivity contribution is 8.22. The number of fused-ring (bicyclic) bond motifs is 1. The van der Waals surface area contributed by atoms with E-state index in [1.54, 1.807) is 0 Å². The molecule has 0 unspecified atom stereocenters. The van der Waals surface area contributed by atoms with Crippen molar-refractivity contribution >= 4 is 40.2 Å². The lowest BCUT2D eigenvalue weighted by molar-refractivity contribution is -0.119. The minimum absolute atomic E-state index is 0.200. The molecule has 32 heavy (non-hydrogen) atoms. The highest BCUT2D eigenvalue weighted by atomic mass is 32.2. The van der Waals surface area contributed by atoms with Gasteiger partial charge in [-0.1, -0.05) is 102 Å². The molecule has 4 aromatic rings. The molecule has 0 heterocycles. The van der Waals surface area contributed by atoms with Crippen molar-refractivity contribution in [2.45, 2.75) is 16.2 Å². The number of thioether (sulfide) groups is 2. The number of nitriles is 1. The molecule has 156 valence electrons. The summed E-state index contributed by atoms with van der Waals surface area (Å²) in [5, 5.41) is 14.9. The molecule has 3 nitrogen and oxygen atoms in total. The second-order valence-corrected chi connectivity index (χ2v) is 9.39. The van der Waals surface area contributed by atoms with Gasteiger partial charge in [-0.3, -0.25) is 4.79 Å². The van der Waals surface area contributed by atoms with Gasteiger partial charge < -0.3 is 5.32 Å². The fraction of sp³-hybridized carbons (Fsp3) is 0.0370. The molecule has 4 rings (SSSR count). The van der Waals surface area contributed by atoms with Gasteiger partial charge in [0.05, 0.1) is 10.7 Å². The normalized spacial score (nSPS) is 10.3. The van der Waals surface area contributed by atoms with Crippen molar-refractivity contribution < 1.29 is 4.79 Å². The first-order valence-corrected chi connectivity index (χ1v) is 11.7. The van der Waals surface area contributed by atoms with Gasteiger partial charge in [0.2, 0.25) is 5.91 Å². The first-order chi connectivity index (χ1) is 15.7. The van der Waals surface area contributed by atoms with E-state index in [4.69, 9.17) is 0 Å². The Morgan fingerprint density at radius 3 is 1.94 bits per heavy atom. The molecule has 1 N–H and O–H groups in total. The van der Waals surface area contributed by atoms with Gasteiger partial charge in [-0.2, -0.15) is 5.26 Å². The van der Waals surface area contributed by atoms with Crippen LogP contribution in [0.15, 0.2) is 123 Å². The molecule has 1 amide bonds. The Balaban J connectivity index is 1.60. The average molecular weight is 453 g/mol. The molecule has 0 aromatic heterocycles. The van der Waals surface area contributed by atoms with E-state index in [1.165, 1.54) is 23.5 Å². The quantitative estimate of drug-likeness (QED) is 0.248. The lowest BCUT2D eigenvalue weighted by Gasteiger charge is -2.12. The first-order valence-electron chi connectivity index (χ1n) is 10.1. The van der Waals surface area contributed by atoms with Crippen molar-refractivity contribution in [3.63, 3.8) is 0 Å². The number of hydrogen-bond donors (Lipinski definition) is 1. The second-order valence-electron chi connectivity index (χ2n) is 6.97. The van der Waals surface area contributed by atoms with E-state index in [-0.39, 0.29) is 18.0 Å². The molecule has 0 spiro atoms. The van der Waals surface area contributed by atoms with Gasteiger partial charge >= 0.3 is 0 Å². The van der Waals surface area contributed by atoms with Gasteiger partial charge in [0, 0.05) is 9.79 Å². The fourth-order valence-corrected chi connectivity index (χ4v) is 5.40. The Morgan fingerprint density at radius 1 is 0.750 bits per heavy atom. The monoisotopic (exact) mass is 452 g/mol. The van der Waals surface area contributed by atoms with Crippen LogP contribution in [0.1, 0.15) is 5.56 Å². The van der Waals surface area contributed by atoms with Crippen LogP contribution in [0.2, 0.25) is 0 Å². The second kappa shape index (κ2) is 10.7. The van der Waals surface area contributed by atoms with Crippen LogP contribution in [0.25, 0.3) is 10.8 Å². The zero-order valence-corrected chi connectivity index (χ0v) is 18.8. The summed E-state index contributed by atoms with van der Waals surface area (Å²) in [7, 11) is 0. The molecule has 0 aliphatic heterocycles. The van der Waals surface area contributed by atoms with E-state index in [1.807, 2.05) is 103 Å². The Bertz CT molecular complexity index is 1250. The van der Waals surface area contributed by atoms with E-state index in [2.05, 4.69) is 11.4 Å². The Hall–Kier alpha value is -3.46. The van der Waals surface area contributed by atoms with Crippen LogP contribution in [0.4, 0.5) is 0 Å². The molecule has 0 bridgehead atoms. The van der Waals surface area contributed by atoms with Crippen molar-refractivity contribution in [2.24, 2.45) is 0 Å². The average Bonchev–Trinajstić information content (AvgIpc) is 2.84. The first kappa shape index (κ1) is 21.8. The van der Waals surface area contributed by atoms with Crippen LogP contribution in [0, 0.1) is 11.3 Å². The molecular weight excluding hydrogens is 432 g/mol. The molecule has 0 fully saturated rings. The third kappa shape index (κ3) is 5.61. The summed E-state index contributed by atoms with van der Waals surface area (Å²) in [4.78, 5) is 14.9. The maximum absolute atomic E-state index is 12.9. The largest absolute Gasteiger partial charge is 0.316 e. The maximum atomic E-state index is 12.9. The summed E-state index contributed by atoms with van der Waals surface area (Å²) in [6, 6.07) is 35.8. The number of carbonyl (C=O) groups is 1. The van der Waals surface area contributed by atoms with E-state index in [9.17, 15) is 10.1 Å². The molecule has 0 radical (unpaired) electrons. The lowest BCUT2D eigenvalue weighted by atomic mass is 10.0. The van der Waals surface area contributed by atoms with Gasteiger partial charge in [0.1, 0.15) is 11.8 Å². The third-order valence-electron chi connectivity index (χ3n) is 4.72. The van der Waals surface area contributed by atoms with Crippen LogP contribution < -0.4 is 5.32 Å². The minimum atomic E-state index is -0.210. The number of amides is 1. The van der Waals surface area contributed by atoms with Gasteiger partial charge in [-0.25, -0.2) is 0 Å². The third-order valence-corrected chi connectivity index (χ3v) is 7.01. The summed E-state index contributed by atoms with van der Waals surface area (Å²) >= 11 is 2.94. The predicted molar refractivity (Wildman–Crippen MR) is 133 cm³/mol. The van der Waals surface area contributed by atoms with Crippen LogP contribution in [-0.2, 0) is 11.2 Å². The van der Waals surface area contributed by atoms with Gasteiger partial charge in [0.15, 0.2) is 0 Å². The van der Waals surface area contributed by atoms with Crippen LogP contribution >= 0.6 is 23.5 Å².